The number of hydrogen-bond acceptors (Lipinski definition) is 1. The predicted molar refractivity (Wildman–Crippen MR) is 57.5 cm³/mol. The molecule has 0 spiro atoms. The van der Waals surface area contributed by atoms with Gasteiger partial charge in [0.15, 0.2) is 0 Å². The second kappa shape index (κ2) is 5.10. The summed E-state index contributed by atoms with van der Waals surface area (Å²) >= 11 is 0. The topological polar surface area (TPSA) is 23.8 Å². The number of rotatable bonds is 1. The van der Waals surface area contributed by atoms with Crippen molar-refractivity contribution in [2.24, 2.45) is 5.92 Å². The van der Waals surface area contributed by atoms with Gasteiger partial charge in [-0.05, 0) is 17.7 Å². The summed E-state index contributed by atoms with van der Waals surface area (Å²) < 4.78 is 0. The molecule has 0 N–H and O–H groups in total. The van der Waals surface area contributed by atoms with Crippen molar-refractivity contribution < 1.29 is 0 Å². The summed E-state index contributed by atoms with van der Waals surface area (Å²) in [5.74, 6) is 6.58. The summed E-state index contributed by atoms with van der Waals surface area (Å²) in [5.41, 5.74) is 2.06. The summed E-state index contributed by atoms with van der Waals surface area (Å²) in [6, 6.07) is 9.94. The van der Waals surface area contributed by atoms with Crippen molar-refractivity contribution in [3.8, 4) is 17.9 Å². The van der Waals surface area contributed by atoms with E-state index in [0.717, 1.165) is 11.1 Å². The molecule has 14 heavy (non-hydrogen) atoms. The van der Waals surface area contributed by atoms with Crippen molar-refractivity contribution in [3.05, 3.63) is 35.4 Å². The molecule has 0 saturated heterocycles. The highest BCUT2D eigenvalue weighted by Gasteiger charge is 1.91. The van der Waals surface area contributed by atoms with Crippen LogP contribution in [-0.2, 0) is 6.42 Å². The van der Waals surface area contributed by atoms with E-state index < -0.39 is 0 Å². The van der Waals surface area contributed by atoms with E-state index in [1.807, 2.05) is 24.3 Å². The Bertz CT molecular complexity index is 382. The number of nitriles is 1. The van der Waals surface area contributed by atoms with Crippen LogP contribution in [-0.4, -0.2) is 0 Å². The van der Waals surface area contributed by atoms with Crippen molar-refractivity contribution >= 4 is 0 Å². The first-order chi connectivity index (χ1) is 6.72. The highest BCUT2D eigenvalue weighted by Crippen LogP contribution is 2.03. The van der Waals surface area contributed by atoms with Crippen LogP contribution in [0.2, 0.25) is 0 Å². The van der Waals surface area contributed by atoms with Gasteiger partial charge in [0, 0.05) is 11.5 Å². The lowest BCUT2D eigenvalue weighted by Gasteiger charge is -1.94. The molecule has 70 valence electrons. The van der Waals surface area contributed by atoms with Gasteiger partial charge in [-0.3, -0.25) is 0 Å². The summed E-state index contributed by atoms with van der Waals surface area (Å²) in [6.07, 6.45) is 0.470. The van der Waals surface area contributed by atoms with Crippen molar-refractivity contribution in [1.29, 1.82) is 5.26 Å². The van der Waals surface area contributed by atoms with Gasteiger partial charge in [-0.1, -0.05) is 37.8 Å². The molecule has 1 aromatic carbocycles. The predicted octanol–water partition coefficient (Wildman–Crippen LogP) is 2.76. The first-order valence-corrected chi connectivity index (χ1v) is 4.70. The van der Waals surface area contributed by atoms with Crippen LogP contribution < -0.4 is 0 Å². The van der Waals surface area contributed by atoms with Crippen molar-refractivity contribution in [3.63, 3.8) is 0 Å². The summed E-state index contributed by atoms with van der Waals surface area (Å²) in [6.45, 7) is 4.13. The fourth-order valence-electron chi connectivity index (χ4n) is 1.02. The standard InChI is InChI=1S/C13H13N/c1-11(2)3-4-12-5-7-13(8-6-12)9-10-14/h5-8,11H,9H2,1-2H3. The third-order valence-corrected chi connectivity index (χ3v) is 1.74. The van der Waals surface area contributed by atoms with E-state index in [2.05, 4.69) is 31.8 Å². The molecule has 0 aliphatic rings. The Kier molecular flexibility index (Phi) is 3.77. The molecule has 1 rings (SSSR count). The summed E-state index contributed by atoms with van der Waals surface area (Å²) in [7, 11) is 0. The fourth-order valence-corrected chi connectivity index (χ4v) is 1.02. The van der Waals surface area contributed by atoms with Gasteiger partial charge in [-0.25, -0.2) is 0 Å². The summed E-state index contributed by atoms with van der Waals surface area (Å²) in [4.78, 5) is 0. The zero-order valence-corrected chi connectivity index (χ0v) is 8.54. The Morgan fingerprint density at radius 3 is 2.36 bits per heavy atom. The Hall–Kier alpha value is -1.73. The number of hydrogen-bond donors (Lipinski definition) is 0. The van der Waals surface area contributed by atoms with Crippen LogP contribution >= 0.6 is 0 Å². The second-order valence-electron chi connectivity index (χ2n) is 3.46. The lowest BCUT2D eigenvalue weighted by Crippen LogP contribution is -1.83. The van der Waals surface area contributed by atoms with Crippen LogP contribution in [0.25, 0.3) is 0 Å². The van der Waals surface area contributed by atoms with Crippen LogP contribution in [0, 0.1) is 29.1 Å². The molecule has 0 amide bonds. The molecule has 0 unspecified atom stereocenters. The van der Waals surface area contributed by atoms with E-state index in [1.165, 1.54) is 0 Å². The van der Waals surface area contributed by atoms with E-state index in [1.54, 1.807) is 0 Å². The van der Waals surface area contributed by atoms with Crippen molar-refractivity contribution in [2.75, 3.05) is 0 Å². The molecule has 0 aromatic heterocycles. The monoisotopic (exact) mass is 183 g/mol. The van der Waals surface area contributed by atoms with Crippen LogP contribution in [0.4, 0.5) is 0 Å². The molecule has 0 saturated carbocycles. The second-order valence-corrected chi connectivity index (χ2v) is 3.46. The minimum Gasteiger partial charge on any atom is -0.198 e. The van der Waals surface area contributed by atoms with E-state index in [4.69, 9.17) is 5.26 Å². The smallest absolute Gasteiger partial charge is 0.0669 e. The molecule has 1 heteroatoms. The Labute approximate surface area is 85.4 Å². The molecule has 0 radical (unpaired) electrons. The Balaban J connectivity index is 2.76. The van der Waals surface area contributed by atoms with Gasteiger partial charge in [0.1, 0.15) is 0 Å². The van der Waals surface area contributed by atoms with E-state index >= 15 is 0 Å². The summed E-state index contributed by atoms with van der Waals surface area (Å²) in [5, 5.41) is 8.49. The largest absolute Gasteiger partial charge is 0.198 e. The van der Waals surface area contributed by atoms with Crippen LogP contribution in [0.3, 0.4) is 0 Å². The molecule has 0 fully saturated rings. The van der Waals surface area contributed by atoms with Crippen LogP contribution in [0.1, 0.15) is 25.0 Å². The zero-order valence-electron chi connectivity index (χ0n) is 8.54. The van der Waals surface area contributed by atoms with Gasteiger partial charge in [-0.2, -0.15) is 5.26 Å². The molecule has 1 aromatic rings. The third-order valence-electron chi connectivity index (χ3n) is 1.74. The Morgan fingerprint density at radius 1 is 1.21 bits per heavy atom. The highest BCUT2D eigenvalue weighted by atomic mass is 14.2. The maximum atomic E-state index is 8.49. The fraction of sp³-hybridized carbons (Fsp3) is 0.308. The van der Waals surface area contributed by atoms with E-state index in [9.17, 15) is 0 Å². The average Bonchev–Trinajstić information content (AvgIpc) is 2.17. The third kappa shape index (κ3) is 3.33. The molecule has 0 aliphatic heterocycles. The molecule has 0 heterocycles. The van der Waals surface area contributed by atoms with E-state index in [0.29, 0.717) is 12.3 Å². The van der Waals surface area contributed by atoms with Gasteiger partial charge in [0.2, 0.25) is 0 Å². The van der Waals surface area contributed by atoms with Crippen LogP contribution in [0.5, 0.6) is 0 Å². The number of benzene rings is 1. The van der Waals surface area contributed by atoms with Crippen molar-refractivity contribution in [2.45, 2.75) is 20.3 Å². The maximum absolute atomic E-state index is 8.49. The highest BCUT2D eigenvalue weighted by molar-refractivity contribution is 5.36. The molecule has 0 bridgehead atoms. The zero-order chi connectivity index (χ0) is 10.4. The molecular formula is C13H13N. The van der Waals surface area contributed by atoms with Gasteiger partial charge < -0.3 is 0 Å². The lowest BCUT2D eigenvalue weighted by molar-refractivity contribution is 0.866. The van der Waals surface area contributed by atoms with Gasteiger partial charge in [-0.15, -0.1) is 0 Å². The minimum absolute atomic E-state index is 0.397. The number of nitrogens with zero attached hydrogens (tertiary/aromatic N) is 1. The lowest BCUT2D eigenvalue weighted by atomic mass is 10.1. The van der Waals surface area contributed by atoms with Gasteiger partial charge in [0.25, 0.3) is 0 Å². The van der Waals surface area contributed by atoms with Crippen molar-refractivity contribution in [1.82, 2.24) is 0 Å². The molecular weight excluding hydrogens is 170 g/mol. The molecule has 1 nitrogen and oxygen atoms in total. The van der Waals surface area contributed by atoms with Crippen LogP contribution in [0.15, 0.2) is 24.3 Å². The molecule has 0 aliphatic carbocycles. The SMILES string of the molecule is CC(C)C#Cc1ccc(CC#N)cc1. The van der Waals surface area contributed by atoms with E-state index in [-0.39, 0.29) is 0 Å². The maximum Gasteiger partial charge on any atom is 0.0669 e. The first-order valence-electron chi connectivity index (χ1n) is 4.70. The first kappa shape index (κ1) is 10.4. The normalized spacial score (nSPS) is 9.00. The van der Waals surface area contributed by atoms with Gasteiger partial charge in [0.05, 0.1) is 12.5 Å². The average molecular weight is 183 g/mol. The quantitative estimate of drug-likeness (QED) is 0.614. The van der Waals surface area contributed by atoms with Gasteiger partial charge >= 0.3 is 0 Å². The Morgan fingerprint density at radius 2 is 1.86 bits per heavy atom. The minimum atomic E-state index is 0.397. The molecule has 0 atom stereocenters.